The van der Waals surface area contributed by atoms with Crippen molar-refractivity contribution >= 4 is 27.3 Å². The van der Waals surface area contributed by atoms with E-state index in [1.807, 2.05) is 11.3 Å². The molecule has 12 heavy (non-hydrogen) atoms. The van der Waals surface area contributed by atoms with Crippen LogP contribution in [0.2, 0.25) is 0 Å². The van der Waals surface area contributed by atoms with Gasteiger partial charge in [0.25, 0.3) is 0 Å². The van der Waals surface area contributed by atoms with Gasteiger partial charge in [0, 0.05) is 11.4 Å². The maximum absolute atomic E-state index is 3.53. The summed E-state index contributed by atoms with van der Waals surface area (Å²) in [6.07, 6.45) is 1.30. The number of hydrogen-bond acceptors (Lipinski definition) is 2. The largest absolute Gasteiger partial charge is 0.316 e. The molecule has 1 N–H and O–H groups in total. The summed E-state index contributed by atoms with van der Waals surface area (Å²) in [5, 5.41) is 3.40. The molecule has 0 amide bonds. The van der Waals surface area contributed by atoms with Crippen LogP contribution < -0.4 is 5.32 Å². The van der Waals surface area contributed by atoms with Crippen LogP contribution in [0.5, 0.6) is 0 Å². The monoisotopic (exact) mass is 245 g/mol. The first-order chi connectivity index (χ1) is 5.77. The Bertz CT molecular complexity index is 276. The van der Waals surface area contributed by atoms with E-state index in [4.69, 9.17) is 0 Å². The fraction of sp³-hybridized carbons (Fsp3) is 0.556. The maximum atomic E-state index is 3.53. The molecular weight excluding hydrogens is 234 g/mol. The number of halogens is 1. The average molecular weight is 246 g/mol. The maximum Gasteiger partial charge on any atom is 0.0704 e. The Balaban J connectivity index is 2.25. The number of nitrogens with one attached hydrogen (secondary N) is 1. The highest BCUT2D eigenvalue weighted by Gasteiger charge is 2.19. The molecule has 0 bridgehead atoms. The van der Waals surface area contributed by atoms with Crippen LogP contribution in [0.15, 0.2) is 9.85 Å². The lowest BCUT2D eigenvalue weighted by atomic mass is 10.00. The Kier molecular flexibility index (Phi) is 2.53. The van der Waals surface area contributed by atoms with Gasteiger partial charge in [-0.2, -0.15) is 0 Å². The van der Waals surface area contributed by atoms with Gasteiger partial charge >= 0.3 is 0 Å². The zero-order chi connectivity index (χ0) is 8.55. The lowest BCUT2D eigenvalue weighted by Crippen LogP contribution is -2.07. The molecule has 1 unspecified atom stereocenters. The van der Waals surface area contributed by atoms with Gasteiger partial charge in [-0.1, -0.05) is 0 Å². The molecule has 1 aliphatic rings. The zero-order valence-corrected chi connectivity index (χ0v) is 9.46. The van der Waals surface area contributed by atoms with Gasteiger partial charge < -0.3 is 5.32 Å². The van der Waals surface area contributed by atoms with E-state index in [0.717, 1.165) is 12.5 Å². The molecule has 1 aliphatic heterocycles. The first-order valence-corrected chi connectivity index (χ1v) is 5.85. The lowest BCUT2D eigenvalue weighted by molar-refractivity contribution is 0.762. The summed E-state index contributed by atoms with van der Waals surface area (Å²) in [6.45, 7) is 4.55. The first kappa shape index (κ1) is 8.73. The van der Waals surface area contributed by atoms with Crippen molar-refractivity contribution in [3.05, 3.63) is 20.3 Å². The van der Waals surface area contributed by atoms with Crippen LogP contribution in [-0.4, -0.2) is 13.1 Å². The molecule has 2 heterocycles. The molecule has 2 rings (SSSR count). The fourth-order valence-electron chi connectivity index (χ4n) is 1.78. The highest BCUT2D eigenvalue weighted by molar-refractivity contribution is 9.11. The summed E-state index contributed by atoms with van der Waals surface area (Å²) in [4.78, 5) is 1.47. The van der Waals surface area contributed by atoms with Gasteiger partial charge in [0.15, 0.2) is 0 Å². The molecule has 0 aliphatic carbocycles. The van der Waals surface area contributed by atoms with Crippen LogP contribution >= 0.6 is 27.3 Å². The van der Waals surface area contributed by atoms with Gasteiger partial charge in [-0.3, -0.25) is 0 Å². The predicted octanol–water partition coefficient (Wildman–Crippen LogP) is 2.90. The summed E-state index contributed by atoms with van der Waals surface area (Å²) in [6, 6.07) is 2.28. The summed E-state index contributed by atoms with van der Waals surface area (Å²) >= 11 is 5.37. The van der Waals surface area contributed by atoms with Crippen LogP contribution in [0.25, 0.3) is 0 Å². The molecule has 1 atom stereocenters. The van der Waals surface area contributed by atoms with Crippen molar-refractivity contribution in [2.75, 3.05) is 13.1 Å². The van der Waals surface area contributed by atoms with Crippen LogP contribution in [0.1, 0.15) is 22.8 Å². The second-order valence-corrected chi connectivity index (χ2v) is 5.89. The molecular formula is C9H12BrNS. The van der Waals surface area contributed by atoms with E-state index in [0.29, 0.717) is 0 Å². The SMILES string of the molecule is Cc1sc(Br)cc1C1CCNC1. The highest BCUT2D eigenvalue weighted by atomic mass is 79.9. The van der Waals surface area contributed by atoms with Gasteiger partial charge in [-0.05, 0) is 53.4 Å². The minimum atomic E-state index is 0.757. The van der Waals surface area contributed by atoms with E-state index < -0.39 is 0 Å². The summed E-state index contributed by atoms with van der Waals surface area (Å²) in [7, 11) is 0. The molecule has 0 aromatic carbocycles. The normalized spacial score (nSPS) is 23.3. The average Bonchev–Trinajstić information content (AvgIpc) is 2.58. The van der Waals surface area contributed by atoms with Crippen LogP contribution in [0.4, 0.5) is 0 Å². The van der Waals surface area contributed by atoms with E-state index in [9.17, 15) is 0 Å². The molecule has 1 nitrogen and oxygen atoms in total. The van der Waals surface area contributed by atoms with Crippen molar-refractivity contribution in [1.29, 1.82) is 0 Å². The highest BCUT2D eigenvalue weighted by Crippen LogP contribution is 2.33. The van der Waals surface area contributed by atoms with Gasteiger partial charge in [-0.15, -0.1) is 11.3 Å². The quantitative estimate of drug-likeness (QED) is 0.803. The number of hydrogen-bond donors (Lipinski definition) is 1. The summed E-state index contributed by atoms with van der Waals surface area (Å²) in [5.74, 6) is 0.757. The summed E-state index contributed by atoms with van der Waals surface area (Å²) < 4.78 is 1.27. The molecule has 66 valence electrons. The first-order valence-electron chi connectivity index (χ1n) is 4.24. The van der Waals surface area contributed by atoms with E-state index in [-0.39, 0.29) is 0 Å². The van der Waals surface area contributed by atoms with Crippen LogP contribution in [-0.2, 0) is 0 Å². The second-order valence-electron chi connectivity index (χ2n) is 3.25. The smallest absolute Gasteiger partial charge is 0.0704 e. The fourth-order valence-corrected chi connectivity index (χ4v) is 3.58. The number of aryl methyl sites for hydroxylation is 1. The van der Waals surface area contributed by atoms with Gasteiger partial charge in [-0.25, -0.2) is 0 Å². The molecule has 0 radical (unpaired) electrons. The van der Waals surface area contributed by atoms with Crippen molar-refractivity contribution in [1.82, 2.24) is 5.32 Å². The van der Waals surface area contributed by atoms with Crippen LogP contribution in [0.3, 0.4) is 0 Å². The van der Waals surface area contributed by atoms with Crippen molar-refractivity contribution in [2.24, 2.45) is 0 Å². The van der Waals surface area contributed by atoms with E-state index in [1.54, 1.807) is 0 Å². The predicted molar refractivity (Wildman–Crippen MR) is 57.0 cm³/mol. The minimum absolute atomic E-state index is 0.757. The van der Waals surface area contributed by atoms with Crippen molar-refractivity contribution in [3.8, 4) is 0 Å². The van der Waals surface area contributed by atoms with Crippen molar-refractivity contribution < 1.29 is 0 Å². The van der Waals surface area contributed by atoms with Crippen LogP contribution in [0, 0.1) is 6.92 Å². The molecule has 3 heteroatoms. The molecule has 0 spiro atoms. The van der Waals surface area contributed by atoms with Gasteiger partial charge in [0.1, 0.15) is 0 Å². The molecule has 1 saturated heterocycles. The third-order valence-corrected chi connectivity index (χ3v) is 4.00. The third kappa shape index (κ3) is 1.58. The number of rotatable bonds is 1. The lowest BCUT2D eigenvalue weighted by Gasteiger charge is -2.06. The van der Waals surface area contributed by atoms with E-state index in [2.05, 4.69) is 34.2 Å². The van der Waals surface area contributed by atoms with Crippen molar-refractivity contribution in [3.63, 3.8) is 0 Å². The Morgan fingerprint density at radius 2 is 2.50 bits per heavy atom. The molecule has 1 fully saturated rings. The Morgan fingerprint density at radius 3 is 3.00 bits per heavy atom. The topological polar surface area (TPSA) is 12.0 Å². The van der Waals surface area contributed by atoms with E-state index >= 15 is 0 Å². The van der Waals surface area contributed by atoms with Gasteiger partial charge in [0.2, 0.25) is 0 Å². The van der Waals surface area contributed by atoms with Crippen molar-refractivity contribution in [2.45, 2.75) is 19.3 Å². The standard InChI is InChI=1S/C9H12BrNS/c1-6-8(4-9(10)12-6)7-2-3-11-5-7/h4,7,11H,2-3,5H2,1H3. The summed E-state index contributed by atoms with van der Waals surface area (Å²) in [5.41, 5.74) is 1.54. The number of thiophene rings is 1. The zero-order valence-electron chi connectivity index (χ0n) is 7.06. The second kappa shape index (κ2) is 3.48. The minimum Gasteiger partial charge on any atom is -0.316 e. The Labute approximate surface area is 85.3 Å². The van der Waals surface area contributed by atoms with Gasteiger partial charge in [0.05, 0.1) is 3.79 Å². The molecule has 0 saturated carbocycles. The third-order valence-electron chi connectivity index (χ3n) is 2.43. The van der Waals surface area contributed by atoms with E-state index in [1.165, 1.54) is 27.2 Å². The Morgan fingerprint density at radius 1 is 1.67 bits per heavy atom. The Hall–Kier alpha value is 0.140. The molecule has 1 aromatic rings. The molecule has 1 aromatic heterocycles.